The standard InChI is InChI=1S/C14H15ClN2O3/c1-17-11(5-8-3-2-4-9(15)13(8)17)14(19)16-10-6-20-7-12(10)18/h2-5,10,12,18H,6-7H2,1H3,(H,16,19). The lowest BCUT2D eigenvalue weighted by Crippen LogP contribution is -2.43. The number of aliphatic hydroxyl groups excluding tert-OH is 1. The van der Waals surface area contributed by atoms with Gasteiger partial charge in [0.1, 0.15) is 5.69 Å². The van der Waals surface area contributed by atoms with Crippen molar-refractivity contribution in [1.82, 2.24) is 9.88 Å². The quantitative estimate of drug-likeness (QED) is 0.878. The van der Waals surface area contributed by atoms with Gasteiger partial charge in [-0.05, 0) is 12.1 Å². The van der Waals surface area contributed by atoms with Crippen molar-refractivity contribution in [2.24, 2.45) is 7.05 Å². The Hall–Kier alpha value is -1.56. The second-order valence-electron chi connectivity index (χ2n) is 4.95. The summed E-state index contributed by atoms with van der Waals surface area (Å²) in [6, 6.07) is 6.97. The summed E-state index contributed by atoms with van der Waals surface area (Å²) >= 11 is 6.16. The molecule has 2 N–H and O–H groups in total. The molecule has 0 saturated carbocycles. The van der Waals surface area contributed by atoms with Crippen molar-refractivity contribution in [2.45, 2.75) is 12.1 Å². The number of rotatable bonds is 2. The summed E-state index contributed by atoms with van der Waals surface area (Å²) in [5, 5.41) is 14.0. The van der Waals surface area contributed by atoms with Crippen molar-refractivity contribution in [2.75, 3.05) is 13.2 Å². The Morgan fingerprint density at radius 3 is 2.95 bits per heavy atom. The molecule has 2 heterocycles. The van der Waals surface area contributed by atoms with Crippen molar-refractivity contribution in [3.63, 3.8) is 0 Å². The number of ether oxygens (including phenoxy) is 1. The molecule has 0 radical (unpaired) electrons. The van der Waals surface area contributed by atoms with Crippen LogP contribution in [0.2, 0.25) is 5.02 Å². The fourth-order valence-corrected chi connectivity index (χ4v) is 2.82. The number of amides is 1. The van der Waals surface area contributed by atoms with Gasteiger partial charge in [-0.15, -0.1) is 0 Å². The highest BCUT2D eigenvalue weighted by atomic mass is 35.5. The minimum atomic E-state index is -0.655. The van der Waals surface area contributed by atoms with Crippen LogP contribution in [0.1, 0.15) is 10.5 Å². The molecule has 2 atom stereocenters. The molecule has 3 rings (SSSR count). The van der Waals surface area contributed by atoms with Crippen LogP contribution in [0.3, 0.4) is 0 Å². The van der Waals surface area contributed by atoms with Crippen molar-refractivity contribution < 1.29 is 14.6 Å². The van der Waals surface area contributed by atoms with E-state index in [9.17, 15) is 9.90 Å². The van der Waals surface area contributed by atoms with Gasteiger partial charge in [-0.1, -0.05) is 23.7 Å². The van der Waals surface area contributed by atoms with Crippen LogP contribution >= 0.6 is 11.6 Å². The number of halogens is 1. The number of hydrogen-bond acceptors (Lipinski definition) is 3. The zero-order valence-electron chi connectivity index (χ0n) is 11.0. The molecule has 0 bridgehead atoms. The van der Waals surface area contributed by atoms with Crippen molar-refractivity contribution >= 4 is 28.4 Å². The number of aryl methyl sites for hydroxylation is 1. The van der Waals surface area contributed by atoms with Gasteiger partial charge in [0.15, 0.2) is 0 Å². The van der Waals surface area contributed by atoms with Gasteiger partial charge in [-0.3, -0.25) is 4.79 Å². The molecule has 2 unspecified atom stereocenters. The third kappa shape index (κ3) is 2.18. The molecule has 1 saturated heterocycles. The summed E-state index contributed by atoms with van der Waals surface area (Å²) in [6.07, 6.45) is -0.655. The minimum Gasteiger partial charge on any atom is -0.388 e. The third-order valence-corrected chi connectivity index (χ3v) is 3.91. The van der Waals surface area contributed by atoms with Gasteiger partial charge in [0, 0.05) is 12.4 Å². The average Bonchev–Trinajstić information content (AvgIpc) is 2.95. The van der Waals surface area contributed by atoms with Gasteiger partial charge < -0.3 is 19.7 Å². The zero-order chi connectivity index (χ0) is 14.3. The van der Waals surface area contributed by atoms with Crippen LogP contribution in [0, 0.1) is 0 Å². The van der Waals surface area contributed by atoms with Crippen LogP contribution in [-0.2, 0) is 11.8 Å². The predicted molar refractivity (Wildman–Crippen MR) is 76.0 cm³/mol. The first-order valence-electron chi connectivity index (χ1n) is 6.38. The number of fused-ring (bicyclic) bond motifs is 1. The maximum absolute atomic E-state index is 12.3. The molecule has 1 aromatic carbocycles. The molecule has 5 nitrogen and oxygen atoms in total. The lowest BCUT2D eigenvalue weighted by atomic mass is 10.2. The van der Waals surface area contributed by atoms with E-state index in [0.717, 1.165) is 10.9 Å². The largest absolute Gasteiger partial charge is 0.388 e. The monoisotopic (exact) mass is 294 g/mol. The fraction of sp³-hybridized carbons (Fsp3) is 0.357. The van der Waals surface area contributed by atoms with Gasteiger partial charge in [0.25, 0.3) is 5.91 Å². The number of para-hydroxylation sites is 1. The second-order valence-corrected chi connectivity index (χ2v) is 5.36. The Bertz CT molecular complexity index is 668. The number of nitrogens with zero attached hydrogens (tertiary/aromatic N) is 1. The number of carbonyl (C=O) groups excluding carboxylic acids is 1. The molecule has 1 aliphatic rings. The van der Waals surface area contributed by atoms with Crippen LogP contribution in [0.15, 0.2) is 24.3 Å². The Balaban J connectivity index is 1.92. The van der Waals surface area contributed by atoms with E-state index >= 15 is 0 Å². The highest BCUT2D eigenvalue weighted by molar-refractivity contribution is 6.35. The maximum atomic E-state index is 12.3. The Morgan fingerprint density at radius 1 is 1.50 bits per heavy atom. The van der Waals surface area contributed by atoms with E-state index in [1.165, 1.54) is 0 Å². The fourth-order valence-electron chi connectivity index (χ4n) is 2.51. The van der Waals surface area contributed by atoms with Crippen LogP contribution in [0.25, 0.3) is 10.9 Å². The SMILES string of the molecule is Cn1c(C(=O)NC2COCC2O)cc2cccc(Cl)c21. The molecule has 6 heteroatoms. The zero-order valence-corrected chi connectivity index (χ0v) is 11.7. The van der Waals surface area contributed by atoms with E-state index in [1.807, 2.05) is 12.1 Å². The Labute approximate surface area is 121 Å². The first kappa shape index (κ1) is 13.4. The summed E-state index contributed by atoms with van der Waals surface area (Å²) in [5.41, 5.74) is 1.33. The third-order valence-electron chi connectivity index (χ3n) is 3.61. The predicted octanol–water partition coefficient (Wildman–Crippen LogP) is 1.32. The number of aromatic nitrogens is 1. The van der Waals surface area contributed by atoms with E-state index in [0.29, 0.717) is 17.3 Å². The summed E-state index contributed by atoms with van der Waals surface area (Å²) in [7, 11) is 1.80. The number of aliphatic hydroxyl groups is 1. The molecule has 0 aliphatic carbocycles. The number of benzene rings is 1. The first-order valence-corrected chi connectivity index (χ1v) is 6.76. The highest BCUT2D eigenvalue weighted by Gasteiger charge is 2.28. The molecule has 106 valence electrons. The summed E-state index contributed by atoms with van der Waals surface area (Å²) in [6.45, 7) is 0.587. The minimum absolute atomic E-state index is 0.241. The van der Waals surface area contributed by atoms with E-state index in [2.05, 4.69) is 5.32 Å². The first-order chi connectivity index (χ1) is 9.58. The molecule has 0 spiro atoms. The van der Waals surface area contributed by atoms with E-state index in [4.69, 9.17) is 16.3 Å². The molecule has 1 amide bonds. The Kier molecular flexibility index (Phi) is 3.41. The smallest absolute Gasteiger partial charge is 0.268 e. The molecule has 20 heavy (non-hydrogen) atoms. The molecular weight excluding hydrogens is 280 g/mol. The summed E-state index contributed by atoms with van der Waals surface area (Å²) < 4.78 is 6.88. The van der Waals surface area contributed by atoms with Crippen molar-refractivity contribution in [1.29, 1.82) is 0 Å². The lowest BCUT2D eigenvalue weighted by molar-refractivity contribution is 0.0879. The number of hydrogen-bond donors (Lipinski definition) is 2. The van der Waals surface area contributed by atoms with Crippen molar-refractivity contribution in [3.05, 3.63) is 35.0 Å². The average molecular weight is 295 g/mol. The summed E-state index contributed by atoms with van der Waals surface area (Å²) in [4.78, 5) is 12.3. The van der Waals surface area contributed by atoms with Crippen molar-refractivity contribution in [3.8, 4) is 0 Å². The molecule has 1 aliphatic heterocycles. The van der Waals surface area contributed by atoms with Gasteiger partial charge in [-0.2, -0.15) is 0 Å². The van der Waals surface area contributed by atoms with Gasteiger partial charge >= 0.3 is 0 Å². The lowest BCUT2D eigenvalue weighted by Gasteiger charge is -2.14. The van der Waals surface area contributed by atoms with E-state index < -0.39 is 6.10 Å². The van der Waals surface area contributed by atoms with Gasteiger partial charge in [0.05, 0.1) is 35.9 Å². The number of carbonyl (C=O) groups is 1. The van der Waals surface area contributed by atoms with E-state index in [-0.39, 0.29) is 18.6 Å². The van der Waals surface area contributed by atoms with Gasteiger partial charge in [0.2, 0.25) is 0 Å². The Morgan fingerprint density at radius 2 is 2.30 bits per heavy atom. The summed E-state index contributed by atoms with van der Waals surface area (Å²) in [5.74, 6) is -0.241. The van der Waals surface area contributed by atoms with Crippen LogP contribution in [0.4, 0.5) is 0 Å². The van der Waals surface area contributed by atoms with E-state index in [1.54, 1.807) is 23.7 Å². The van der Waals surface area contributed by atoms with Crippen LogP contribution < -0.4 is 5.32 Å². The molecule has 1 aromatic heterocycles. The van der Waals surface area contributed by atoms with Crippen LogP contribution in [-0.4, -0.2) is 40.9 Å². The second kappa shape index (κ2) is 5.09. The normalized spacial score (nSPS) is 22.4. The molecule has 2 aromatic rings. The number of nitrogens with one attached hydrogen (secondary N) is 1. The van der Waals surface area contributed by atoms with Gasteiger partial charge in [-0.25, -0.2) is 0 Å². The van der Waals surface area contributed by atoms with Crippen LogP contribution in [0.5, 0.6) is 0 Å². The highest BCUT2D eigenvalue weighted by Crippen LogP contribution is 2.26. The molecular formula is C14H15ClN2O3. The topological polar surface area (TPSA) is 63.5 Å². The maximum Gasteiger partial charge on any atom is 0.268 e. The molecule has 1 fully saturated rings.